The van der Waals surface area contributed by atoms with Crippen LogP contribution in [-0.4, -0.2) is 6.61 Å². The predicted molar refractivity (Wildman–Crippen MR) is 65.3 cm³/mol. The summed E-state index contributed by atoms with van der Waals surface area (Å²) in [6.07, 6.45) is 6.82. The van der Waals surface area contributed by atoms with Gasteiger partial charge in [0, 0.05) is 6.42 Å². The Kier molecular flexibility index (Phi) is 13.3. The molecule has 0 N–H and O–H groups in total. The third-order valence-corrected chi connectivity index (χ3v) is 1.51. The molecule has 0 saturated carbocycles. The van der Waals surface area contributed by atoms with Crippen LogP contribution in [0.5, 0.6) is 0 Å². The van der Waals surface area contributed by atoms with Crippen LogP contribution >= 0.6 is 0 Å². The van der Waals surface area contributed by atoms with E-state index in [9.17, 15) is 0 Å². The lowest BCUT2D eigenvalue weighted by Gasteiger charge is -1.94. The second-order valence-electron chi connectivity index (χ2n) is 2.19. The summed E-state index contributed by atoms with van der Waals surface area (Å²) in [7, 11) is 0. The van der Waals surface area contributed by atoms with Crippen molar-refractivity contribution >= 4 is 0 Å². The first kappa shape index (κ1) is 15.5. The summed E-state index contributed by atoms with van der Waals surface area (Å²) in [5.74, 6) is 0.984. The lowest BCUT2D eigenvalue weighted by molar-refractivity contribution is 0.257. The third kappa shape index (κ3) is 5.63. The highest BCUT2D eigenvalue weighted by atomic mass is 16.5. The first-order valence-electron chi connectivity index (χ1n) is 5.49. The molecule has 0 aromatic heterocycles. The Hall–Kier alpha value is -0.980. The molecule has 1 heterocycles. The summed E-state index contributed by atoms with van der Waals surface area (Å²) < 4.78 is 5.32. The molecule has 0 unspecified atom stereocenters. The van der Waals surface area contributed by atoms with Gasteiger partial charge in [0.15, 0.2) is 0 Å². The summed E-state index contributed by atoms with van der Waals surface area (Å²) in [5, 5.41) is 0. The fraction of sp³-hybridized carbons (Fsp3) is 0.538. The number of hydrogen-bond donors (Lipinski definition) is 0. The van der Waals surface area contributed by atoms with Crippen molar-refractivity contribution in [3.8, 4) is 0 Å². The normalized spacial score (nSPS) is 13.8. The van der Waals surface area contributed by atoms with Gasteiger partial charge in [-0.25, -0.2) is 0 Å². The zero-order valence-corrected chi connectivity index (χ0v) is 10.3. The van der Waals surface area contributed by atoms with E-state index >= 15 is 0 Å². The Morgan fingerprint density at radius 3 is 2.21 bits per heavy atom. The van der Waals surface area contributed by atoms with Crippen LogP contribution in [0, 0.1) is 0 Å². The molecule has 0 spiro atoms. The number of allylic oxidation sites excluding steroid dienone is 3. The Balaban J connectivity index is 0. The molecule has 1 aliphatic rings. The Morgan fingerprint density at radius 2 is 1.79 bits per heavy atom. The molecule has 0 atom stereocenters. The Labute approximate surface area is 89.2 Å². The fourth-order valence-electron chi connectivity index (χ4n) is 0.996. The average molecular weight is 196 g/mol. The van der Waals surface area contributed by atoms with Crippen LogP contribution in [0.2, 0.25) is 0 Å². The molecule has 0 fully saturated rings. The van der Waals surface area contributed by atoms with Crippen LogP contribution in [0.3, 0.4) is 0 Å². The van der Waals surface area contributed by atoms with E-state index in [1.165, 1.54) is 5.57 Å². The Morgan fingerprint density at radius 1 is 1.21 bits per heavy atom. The molecular weight excluding hydrogens is 172 g/mol. The van der Waals surface area contributed by atoms with E-state index in [4.69, 9.17) is 4.74 Å². The molecule has 0 amide bonds. The molecule has 0 bridgehead atoms. The minimum atomic E-state index is 0.807. The summed E-state index contributed by atoms with van der Waals surface area (Å²) >= 11 is 0. The van der Waals surface area contributed by atoms with Crippen molar-refractivity contribution in [3.63, 3.8) is 0 Å². The first-order valence-corrected chi connectivity index (χ1v) is 5.49. The van der Waals surface area contributed by atoms with Crippen molar-refractivity contribution < 1.29 is 4.74 Å². The van der Waals surface area contributed by atoms with Crippen LogP contribution in [0.25, 0.3) is 0 Å². The lowest BCUT2D eigenvalue weighted by atomic mass is 10.2. The predicted octanol–water partition coefficient (Wildman–Crippen LogP) is 4.48. The standard InChI is InChI=1S/C9H12O.2C2H6/c1-3-5-9-8(4-2)6-7-10-9;2*1-2/h3-5H,2,6-7H2,1H3;2*1-2H3/b5-3-;;. The highest BCUT2D eigenvalue weighted by molar-refractivity contribution is 5.30. The minimum absolute atomic E-state index is 0.807. The van der Waals surface area contributed by atoms with Gasteiger partial charge in [-0.1, -0.05) is 46.4 Å². The monoisotopic (exact) mass is 196 g/mol. The minimum Gasteiger partial charge on any atom is -0.493 e. The van der Waals surface area contributed by atoms with E-state index in [0.29, 0.717) is 0 Å². The fourth-order valence-corrected chi connectivity index (χ4v) is 0.996. The van der Waals surface area contributed by atoms with Gasteiger partial charge < -0.3 is 4.74 Å². The van der Waals surface area contributed by atoms with Crippen molar-refractivity contribution in [2.75, 3.05) is 6.61 Å². The smallest absolute Gasteiger partial charge is 0.122 e. The van der Waals surface area contributed by atoms with Gasteiger partial charge in [-0.3, -0.25) is 0 Å². The van der Waals surface area contributed by atoms with Gasteiger partial charge in [0.1, 0.15) is 5.76 Å². The number of rotatable bonds is 2. The maximum atomic E-state index is 5.32. The first-order chi connectivity index (χ1) is 6.88. The van der Waals surface area contributed by atoms with Crippen LogP contribution in [0.1, 0.15) is 41.0 Å². The molecular formula is C13H24O. The zero-order chi connectivity index (χ0) is 11.4. The molecule has 1 rings (SSSR count). The highest BCUT2D eigenvalue weighted by Gasteiger charge is 2.08. The van der Waals surface area contributed by atoms with E-state index in [0.717, 1.165) is 18.8 Å². The van der Waals surface area contributed by atoms with Crippen LogP contribution in [-0.2, 0) is 4.74 Å². The summed E-state index contributed by atoms with van der Waals surface area (Å²) in [4.78, 5) is 0. The highest BCUT2D eigenvalue weighted by Crippen LogP contribution is 2.20. The summed E-state index contributed by atoms with van der Waals surface area (Å²) in [6, 6.07) is 0. The molecule has 1 nitrogen and oxygen atoms in total. The van der Waals surface area contributed by atoms with Crippen molar-refractivity contribution in [2.45, 2.75) is 41.0 Å². The molecule has 0 aromatic rings. The van der Waals surface area contributed by atoms with E-state index in [1.54, 1.807) is 0 Å². The SMILES string of the molecule is C=CC1=C(/C=C\C)OCC1.CC.CC. The van der Waals surface area contributed by atoms with Crippen LogP contribution < -0.4 is 0 Å². The van der Waals surface area contributed by atoms with Crippen molar-refractivity contribution in [3.05, 3.63) is 36.1 Å². The van der Waals surface area contributed by atoms with Crippen molar-refractivity contribution in [1.82, 2.24) is 0 Å². The van der Waals surface area contributed by atoms with Gasteiger partial charge in [0.25, 0.3) is 0 Å². The number of hydrogen-bond acceptors (Lipinski definition) is 1. The van der Waals surface area contributed by atoms with Gasteiger partial charge in [-0.15, -0.1) is 0 Å². The second-order valence-corrected chi connectivity index (χ2v) is 2.19. The van der Waals surface area contributed by atoms with Gasteiger partial charge >= 0.3 is 0 Å². The maximum Gasteiger partial charge on any atom is 0.122 e. The maximum absolute atomic E-state index is 5.32. The van der Waals surface area contributed by atoms with Gasteiger partial charge in [0.2, 0.25) is 0 Å². The van der Waals surface area contributed by atoms with Crippen molar-refractivity contribution in [2.24, 2.45) is 0 Å². The van der Waals surface area contributed by atoms with E-state index in [1.807, 2.05) is 52.8 Å². The molecule has 0 aliphatic carbocycles. The molecule has 1 aliphatic heterocycles. The molecule has 1 heteroatoms. The Bertz CT molecular complexity index is 187. The van der Waals surface area contributed by atoms with Gasteiger partial charge in [0.05, 0.1) is 6.61 Å². The molecule has 0 saturated heterocycles. The molecule has 0 radical (unpaired) electrons. The van der Waals surface area contributed by atoms with Crippen LogP contribution in [0.4, 0.5) is 0 Å². The molecule has 82 valence electrons. The molecule has 14 heavy (non-hydrogen) atoms. The van der Waals surface area contributed by atoms with E-state index < -0.39 is 0 Å². The van der Waals surface area contributed by atoms with Gasteiger partial charge in [-0.2, -0.15) is 0 Å². The molecule has 0 aromatic carbocycles. The number of ether oxygens (including phenoxy) is 1. The zero-order valence-electron chi connectivity index (χ0n) is 10.3. The van der Waals surface area contributed by atoms with Crippen LogP contribution in [0.15, 0.2) is 36.1 Å². The van der Waals surface area contributed by atoms with E-state index in [-0.39, 0.29) is 0 Å². The van der Waals surface area contributed by atoms with E-state index in [2.05, 4.69) is 6.58 Å². The topological polar surface area (TPSA) is 9.23 Å². The average Bonchev–Trinajstić information content (AvgIpc) is 2.72. The van der Waals surface area contributed by atoms with Gasteiger partial charge in [-0.05, 0) is 18.6 Å². The summed E-state index contributed by atoms with van der Waals surface area (Å²) in [5.41, 5.74) is 1.22. The third-order valence-electron chi connectivity index (χ3n) is 1.51. The summed E-state index contributed by atoms with van der Waals surface area (Å²) in [6.45, 7) is 14.5. The lowest BCUT2D eigenvalue weighted by Crippen LogP contribution is -1.78. The largest absolute Gasteiger partial charge is 0.493 e. The quantitative estimate of drug-likeness (QED) is 0.633. The van der Waals surface area contributed by atoms with Crippen molar-refractivity contribution in [1.29, 1.82) is 0 Å². The second kappa shape index (κ2) is 12.0.